The van der Waals surface area contributed by atoms with E-state index in [1.54, 1.807) is 24.5 Å². The molecule has 1 aromatic carbocycles. The normalized spacial score (nSPS) is 10.4. The Bertz CT molecular complexity index is 672. The van der Waals surface area contributed by atoms with Crippen LogP contribution in [0.15, 0.2) is 53.9 Å². The average Bonchev–Trinajstić information content (AvgIpc) is 2.50. The number of benzene rings is 1. The quantitative estimate of drug-likeness (QED) is 0.501. The third kappa shape index (κ3) is 5.12. The lowest BCUT2D eigenvalue weighted by molar-refractivity contribution is -0.126. The first-order valence-corrected chi connectivity index (χ1v) is 6.41. The van der Waals surface area contributed by atoms with Crippen LogP contribution in [0.4, 0.5) is 10.1 Å². The van der Waals surface area contributed by atoms with Gasteiger partial charge in [0.15, 0.2) is 0 Å². The van der Waals surface area contributed by atoms with Gasteiger partial charge >= 0.3 is 0 Å². The third-order valence-electron chi connectivity index (χ3n) is 2.56. The van der Waals surface area contributed by atoms with Gasteiger partial charge in [-0.3, -0.25) is 14.6 Å². The second-order valence-electron chi connectivity index (χ2n) is 4.31. The molecule has 0 aliphatic carbocycles. The summed E-state index contributed by atoms with van der Waals surface area (Å²) >= 11 is 0. The maximum Gasteiger partial charge on any atom is 0.249 e. The van der Waals surface area contributed by atoms with Crippen LogP contribution in [0.2, 0.25) is 0 Å². The molecule has 0 bridgehead atoms. The number of carbonyl (C=O) groups is 2. The van der Waals surface area contributed by atoms with E-state index in [-0.39, 0.29) is 6.42 Å². The molecule has 1 heterocycles. The fourth-order valence-electron chi connectivity index (χ4n) is 1.55. The molecule has 7 heteroatoms. The minimum atomic E-state index is -0.551. The Morgan fingerprint density at radius 2 is 1.77 bits per heavy atom. The standard InChI is InChI=1S/C15H13FN4O2/c16-12-1-3-13(4-2-12)19-14(21)9-15(22)20-18-10-11-5-7-17-8-6-11/h1-8,10H,9H2,(H,19,21)(H,20,22)/b18-10+. The van der Waals surface area contributed by atoms with Gasteiger partial charge in [0.25, 0.3) is 0 Å². The van der Waals surface area contributed by atoms with Crippen LogP contribution in [-0.2, 0) is 9.59 Å². The molecule has 112 valence electrons. The van der Waals surface area contributed by atoms with Gasteiger partial charge in [0.2, 0.25) is 11.8 Å². The summed E-state index contributed by atoms with van der Waals surface area (Å²) in [7, 11) is 0. The minimum absolute atomic E-state index is 0.384. The van der Waals surface area contributed by atoms with E-state index in [2.05, 4.69) is 20.8 Å². The predicted molar refractivity (Wildman–Crippen MR) is 79.6 cm³/mol. The summed E-state index contributed by atoms with van der Waals surface area (Å²) in [5.41, 5.74) is 3.43. The van der Waals surface area contributed by atoms with Gasteiger partial charge < -0.3 is 5.32 Å². The summed E-state index contributed by atoms with van der Waals surface area (Å²) in [5.74, 6) is -1.46. The number of hydrazone groups is 1. The SMILES string of the molecule is O=C(CC(=O)Nc1ccc(F)cc1)N/N=C/c1ccncc1. The van der Waals surface area contributed by atoms with E-state index in [0.717, 1.165) is 5.56 Å². The average molecular weight is 300 g/mol. The second kappa shape index (κ2) is 7.63. The summed E-state index contributed by atoms with van der Waals surface area (Å²) in [6, 6.07) is 8.69. The van der Waals surface area contributed by atoms with Gasteiger partial charge in [0.1, 0.15) is 12.2 Å². The largest absolute Gasteiger partial charge is 0.326 e. The molecular formula is C15H13FN4O2. The van der Waals surface area contributed by atoms with Gasteiger partial charge in [-0.2, -0.15) is 5.10 Å². The van der Waals surface area contributed by atoms with Crippen molar-refractivity contribution in [1.29, 1.82) is 0 Å². The van der Waals surface area contributed by atoms with Crippen LogP contribution in [0, 0.1) is 5.82 Å². The van der Waals surface area contributed by atoms with Crippen LogP contribution in [0.5, 0.6) is 0 Å². The molecule has 0 aliphatic rings. The molecule has 0 spiro atoms. The van der Waals surface area contributed by atoms with E-state index in [1.165, 1.54) is 30.5 Å². The number of carbonyl (C=O) groups excluding carboxylic acids is 2. The fraction of sp³-hybridized carbons (Fsp3) is 0.0667. The summed E-state index contributed by atoms with van der Waals surface area (Å²) in [5, 5.41) is 6.21. The number of hydrogen-bond donors (Lipinski definition) is 2. The number of rotatable bonds is 5. The Morgan fingerprint density at radius 3 is 2.45 bits per heavy atom. The van der Waals surface area contributed by atoms with Crippen LogP contribution in [0.3, 0.4) is 0 Å². The van der Waals surface area contributed by atoms with Crippen LogP contribution < -0.4 is 10.7 Å². The molecular weight excluding hydrogens is 287 g/mol. The van der Waals surface area contributed by atoms with Gasteiger partial charge in [-0.15, -0.1) is 0 Å². The highest BCUT2D eigenvalue weighted by molar-refractivity contribution is 6.03. The molecule has 0 fully saturated rings. The van der Waals surface area contributed by atoms with E-state index in [4.69, 9.17) is 0 Å². The van der Waals surface area contributed by atoms with E-state index in [9.17, 15) is 14.0 Å². The Morgan fingerprint density at radius 1 is 1.09 bits per heavy atom. The van der Waals surface area contributed by atoms with E-state index < -0.39 is 17.6 Å². The van der Waals surface area contributed by atoms with Gasteiger partial charge in [-0.05, 0) is 42.0 Å². The Balaban J connectivity index is 1.78. The van der Waals surface area contributed by atoms with Gasteiger partial charge in [-0.1, -0.05) is 0 Å². The van der Waals surface area contributed by atoms with Crippen molar-refractivity contribution in [2.45, 2.75) is 6.42 Å². The van der Waals surface area contributed by atoms with Crippen molar-refractivity contribution in [3.05, 3.63) is 60.2 Å². The molecule has 0 atom stereocenters. The van der Waals surface area contributed by atoms with Crippen molar-refractivity contribution in [1.82, 2.24) is 10.4 Å². The first-order chi connectivity index (χ1) is 10.6. The van der Waals surface area contributed by atoms with Crippen LogP contribution in [-0.4, -0.2) is 23.0 Å². The summed E-state index contributed by atoms with van der Waals surface area (Å²) in [6.45, 7) is 0. The molecule has 2 N–H and O–H groups in total. The summed E-state index contributed by atoms with van der Waals surface area (Å²) < 4.78 is 12.7. The topological polar surface area (TPSA) is 83.5 Å². The smallest absolute Gasteiger partial charge is 0.249 e. The zero-order valence-electron chi connectivity index (χ0n) is 11.5. The lowest BCUT2D eigenvalue weighted by atomic mass is 10.3. The number of nitrogens with zero attached hydrogens (tertiary/aromatic N) is 2. The minimum Gasteiger partial charge on any atom is -0.326 e. The molecule has 22 heavy (non-hydrogen) atoms. The maximum atomic E-state index is 12.7. The van der Waals surface area contributed by atoms with Crippen molar-refractivity contribution in [3.8, 4) is 0 Å². The molecule has 0 saturated carbocycles. The molecule has 1 aromatic heterocycles. The van der Waals surface area contributed by atoms with Crippen LogP contribution in [0.1, 0.15) is 12.0 Å². The van der Waals surface area contributed by atoms with Crippen LogP contribution in [0.25, 0.3) is 0 Å². The Labute approximate surface area is 126 Å². The summed E-state index contributed by atoms with van der Waals surface area (Å²) in [4.78, 5) is 27.0. The molecule has 6 nitrogen and oxygen atoms in total. The zero-order valence-corrected chi connectivity index (χ0v) is 11.5. The first-order valence-electron chi connectivity index (χ1n) is 6.41. The Kier molecular flexibility index (Phi) is 5.31. The number of anilines is 1. The van der Waals surface area contributed by atoms with E-state index in [1.807, 2.05) is 0 Å². The maximum absolute atomic E-state index is 12.7. The van der Waals surface area contributed by atoms with Gasteiger partial charge in [-0.25, -0.2) is 9.82 Å². The lowest BCUT2D eigenvalue weighted by Crippen LogP contribution is -2.24. The van der Waals surface area contributed by atoms with Gasteiger partial charge in [0, 0.05) is 18.1 Å². The van der Waals surface area contributed by atoms with Gasteiger partial charge in [0.05, 0.1) is 6.21 Å². The number of hydrogen-bond acceptors (Lipinski definition) is 4. The fourth-order valence-corrected chi connectivity index (χ4v) is 1.55. The number of aromatic nitrogens is 1. The number of halogens is 1. The highest BCUT2D eigenvalue weighted by atomic mass is 19.1. The highest BCUT2D eigenvalue weighted by Crippen LogP contribution is 2.08. The number of pyridine rings is 1. The molecule has 0 radical (unpaired) electrons. The molecule has 0 saturated heterocycles. The van der Waals surface area contributed by atoms with E-state index in [0.29, 0.717) is 5.69 Å². The van der Waals surface area contributed by atoms with Crippen molar-refractivity contribution >= 4 is 23.7 Å². The summed E-state index contributed by atoms with van der Waals surface area (Å²) in [6.07, 6.45) is 4.25. The van der Waals surface area contributed by atoms with Crippen molar-refractivity contribution in [2.75, 3.05) is 5.32 Å². The zero-order chi connectivity index (χ0) is 15.8. The molecule has 2 rings (SSSR count). The lowest BCUT2D eigenvalue weighted by Gasteiger charge is -2.04. The first kappa shape index (κ1) is 15.3. The van der Waals surface area contributed by atoms with Crippen LogP contribution >= 0.6 is 0 Å². The van der Waals surface area contributed by atoms with Crippen molar-refractivity contribution < 1.29 is 14.0 Å². The molecule has 2 aromatic rings. The number of amides is 2. The highest BCUT2D eigenvalue weighted by Gasteiger charge is 2.08. The predicted octanol–water partition coefficient (Wildman–Crippen LogP) is 1.70. The Hall–Kier alpha value is -3.09. The monoisotopic (exact) mass is 300 g/mol. The second-order valence-corrected chi connectivity index (χ2v) is 4.31. The number of nitrogens with one attached hydrogen (secondary N) is 2. The van der Waals surface area contributed by atoms with Crippen molar-refractivity contribution in [3.63, 3.8) is 0 Å². The third-order valence-corrected chi connectivity index (χ3v) is 2.56. The van der Waals surface area contributed by atoms with Crippen molar-refractivity contribution in [2.24, 2.45) is 5.10 Å². The van der Waals surface area contributed by atoms with E-state index >= 15 is 0 Å². The molecule has 0 unspecified atom stereocenters. The molecule has 2 amide bonds. The molecule has 0 aliphatic heterocycles.